The normalized spacial score (nSPS) is 12.5. The molecule has 0 aliphatic rings. The highest BCUT2D eigenvalue weighted by atomic mass is 32.2. The summed E-state index contributed by atoms with van der Waals surface area (Å²) in [6, 6.07) is 3.88. The quantitative estimate of drug-likeness (QED) is 0.788. The Morgan fingerprint density at radius 3 is 2.50 bits per heavy atom. The van der Waals surface area contributed by atoms with E-state index >= 15 is 0 Å². The highest BCUT2D eigenvalue weighted by molar-refractivity contribution is 7.79. The van der Waals surface area contributed by atoms with Gasteiger partial charge in [0, 0.05) is 0 Å². The summed E-state index contributed by atoms with van der Waals surface area (Å²) >= 11 is -2.20. The van der Waals surface area contributed by atoms with Gasteiger partial charge in [-0.05, 0) is 32.0 Å². The third-order valence-electron chi connectivity index (χ3n) is 1.75. The lowest BCUT2D eigenvalue weighted by molar-refractivity contribution is 0.0690. The molecule has 0 bridgehead atoms. The molecule has 88 valence electrons. The van der Waals surface area contributed by atoms with Gasteiger partial charge in [-0.1, -0.05) is 0 Å². The average molecular weight is 244 g/mol. The topological polar surface area (TPSA) is 83.8 Å². The Bertz CT molecular complexity index is 427. The predicted octanol–water partition coefficient (Wildman–Crippen LogP) is 1.75. The van der Waals surface area contributed by atoms with Crippen LogP contribution < -0.4 is 4.74 Å². The lowest BCUT2D eigenvalue weighted by Gasteiger charge is -2.12. The van der Waals surface area contributed by atoms with E-state index in [1.807, 2.05) is 0 Å². The van der Waals surface area contributed by atoms with Gasteiger partial charge >= 0.3 is 5.97 Å². The summed E-state index contributed by atoms with van der Waals surface area (Å²) in [6.45, 7) is 3.54. The average Bonchev–Trinajstić information content (AvgIpc) is 2.16. The van der Waals surface area contributed by atoms with Crippen molar-refractivity contribution in [1.82, 2.24) is 0 Å². The van der Waals surface area contributed by atoms with Crippen molar-refractivity contribution in [2.75, 3.05) is 0 Å². The second-order valence-electron chi connectivity index (χ2n) is 3.38. The second kappa shape index (κ2) is 5.09. The van der Waals surface area contributed by atoms with Gasteiger partial charge in [0.2, 0.25) is 0 Å². The van der Waals surface area contributed by atoms with Crippen molar-refractivity contribution in [2.24, 2.45) is 0 Å². The van der Waals surface area contributed by atoms with Gasteiger partial charge in [-0.2, -0.15) is 0 Å². The summed E-state index contributed by atoms with van der Waals surface area (Å²) in [5.74, 6) is -1.00. The highest BCUT2D eigenvalue weighted by Gasteiger charge is 2.15. The van der Waals surface area contributed by atoms with E-state index in [9.17, 15) is 9.00 Å². The van der Waals surface area contributed by atoms with Crippen molar-refractivity contribution in [3.63, 3.8) is 0 Å². The van der Waals surface area contributed by atoms with Crippen LogP contribution in [0.1, 0.15) is 24.2 Å². The van der Waals surface area contributed by atoms with Crippen LogP contribution in [0.4, 0.5) is 0 Å². The molecule has 0 saturated heterocycles. The molecule has 0 aliphatic heterocycles. The van der Waals surface area contributed by atoms with Crippen molar-refractivity contribution in [2.45, 2.75) is 24.8 Å². The fraction of sp³-hybridized carbons (Fsp3) is 0.300. The van der Waals surface area contributed by atoms with Crippen molar-refractivity contribution in [3.8, 4) is 5.75 Å². The van der Waals surface area contributed by atoms with Crippen molar-refractivity contribution >= 4 is 17.0 Å². The van der Waals surface area contributed by atoms with E-state index in [-0.39, 0.29) is 22.3 Å². The molecule has 0 amide bonds. The molecule has 16 heavy (non-hydrogen) atoms. The van der Waals surface area contributed by atoms with Gasteiger partial charge in [-0.3, -0.25) is 0 Å². The molecular formula is C10H12O5S. The van der Waals surface area contributed by atoms with E-state index in [0.29, 0.717) is 0 Å². The summed E-state index contributed by atoms with van der Waals surface area (Å²) in [6.07, 6.45) is -0.163. The summed E-state index contributed by atoms with van der Waals surface area (Å²) in [4.78, 5) is 11.0. The number of hydrogen-bond acceptors (Lipinski definition) is 3. The second-order valence-corrected chi connectivity index (χ2v) is 4.35. The van der Waals surface area contributed by atoms with Gasteiger partial charge in [-0.25, -0.2) is 9.00 Å². The molecule has 0 aliphatic carbocycles. The van der Waals surface area contributed by atoms with Gasteiger partial charge < -0.3 is 14.4 Å². The van der Waals surface area contributed by atoms with Crippen LogP contribution in [0.5, 0.6) is 5.75 Å². The first-order chi connectivity index (χ1) is 7.41. The lowest BCUT2D eigenvalue weighted by Crippen LogP contribution is -2.10. The first-order valence-corrected chi connectivity index (χ1v) is 5.67. The molecule has 6 heteroatoms. The van der Waals surface area contributed by atoms with Crippen molar-refractivity contribution < 1.29 is 23.4 Å². The summed E-state index contributed by atoms with van der Waals surface area (Å²) in [7, 11) is 0. The number of hydrogen-bond donors (Lipinski definition) is 2. The summed E-state index contributed by atoms with van der Waals surface area (Å²) in [5.41, 5.74) is -0.117. The maximum Gasteiger partial charge on any atom is 0.339 e. The van der Waals surface area contributed by atoms with Gasteiger partial charge in [-0.15, -0.1) is 0 Å². The summed E-state index contributed by atoms with van der Waals surface area (Å²) < 4.78 is 24.9. The fourth-order valence-corrected chi connectivity index (χ4v) is 1.54. The highest BCUT2D eigenvalue weighted by Crippen LogP contribution is 2.22. The molecule has 2 N–H and O–H groups in total. The van der Waals surface area contributed by atoms with Gasteiger partial charge in [0.1, 0.15) is 11.3 Å². The van der Waals surface area contributed by atoms with Crippen LogP contribution in [-0.2, 0) is 11.1 Å². The number of carbonyl (C=O) groups is 1. The molecule has 5 nitrogen and oxygen atoms in total. The minimum Gasteiger partial charge on any atom is -0.490 e. The standard InChI is InChI=1S/C10H12O5S/c1-6(2)15-9-4-3-7(16(13)14)5-8(9)10(11)12/h3-6H,1-2H3,(H,11,12)(H,13,14). The minimum absolute atomic E-state index is 0.0357. The largest absolute Gasteiger partial charge is 0.490 e. The number of carboxylic acid groups (broad SMARTS) is 1. The molecule has 0 radical (unpaired) electrons. The number of aromatic carboxylic acids is 1. The van der Waals surface area contributed by atoms with Gasteiger partial charge in [0.15, 0.2) is 11.1 Å². The SMILES string of the molecule is CC(C)Oc1ccc(S(=O)O)cc1C(=O)O. The van der Waals surface area contributed by atoms with E-state index < -0.39 is 17.0 Å². The van der Waals surface area contributed by atoms with Crippen LogP contribution in [0.3, 0.4) is 0 Å². The maximum absolute atomic E-state index is 10.9. The predicted molar refractivity (Wildman–Crippen MR) is 58.2 cm³/mol. The fourth-order valence-electron chi connectivity index (χ4n) is 1.14. The maximum atomic E-state index is 10.9. The van der Waals surface area contributed by atoms with E-state index in [1.54, 1.807) is 13.8 Å². The van der Waals surface area contributed by atoms with Gasteiger partial charge in [0.05, 0.1) is 11.0 Å². The van der Waals surface area contributed by atoms with E-state index in [1.165, 1.54) is 12.1 Å². The number of ether oxygens (including phenoxy) is 1. The molecular weight excluding hydrogens is 232 g/mol. The van der Waals surface area contributed by atoms with E-state index in [4.69, 9.17) is 14.4 Å². The summed E-state index contributed by atoms with van der Waals surface area (Å²) in [5, 5.41) is 8.92. The van der Waals surface area contributed by atoms with Gasteiger partial charge in [0.25, 0.3) is 0 Å². The Labute approximate surface area is 95.3 Å². The Hall–Kier alpha value is -1.40. The molecule has 1 aromatic rings. The Balaban J connectivity index is 3.19. The van der Waals surface area contributed by atoms with E-state index in [0.717, 1.165) is 6.07 Å². The molecule has 1 unspecified atom stereocenters. The number of benzene rings is 1. The molecule has 1 rings (SSSR count). The molecule has 0 fully saturated rings. The monoisotopic (exact) mass is 244 g/mol. The first kappa shape index (κ1) is 12.7. The number of carboxylic acids is 1. The zero-order chi connectivity index (χ0) is 12.3. The molecule has 1 atom stereocenters. The van der Waals surface area contributed by atoms with Crippen LogP contribution in [0.2, 0.25) is 0 Å². The smallest absolute Gasteiger partial charge is 0.339 e. The minimum atomic E-state index is -2.20. The molecule has 1 aromatic carbocycles. The Morgan fingerprint density at radius 1 is 1.44 bits per heavy atom. The molecule has 0 saturated carbocycles. The van der Waals surface area contributed by atoms with Crippen LogP contribution in [-0.4, -0.2) is 25.9 Å². The third kappa shape index (κ3) is 3.04. The Kier molecular flexibility index (Phi) is 4.03. The zero-order valence-corrected chi connectivity index (χ0v) is 9.65. The van der Waals surface area contributed by atoms with Crippen LogP contribution in [0.25, 0.3) is 0 Å². The van der Waals surface area contributed by atoms with E-state index in [2.05, 4.69) is 0 Å². The number of rotatable bonds is 4. The molecule has 0 aromatic heterocycles. The lowest BCUT2D eigenvalue weighted by atomic mass is 10.2. The van der Waals surface area contributed by atoms with Crippen LogP contribution in [0, 0.1) is 0 Å². The van der Waals surface area contributed by atoms with Crippen LogP contribution in [0.15, 0.2) is 23.1 Å². The van der Waals surface area contributed by atoms with Crippen LogP contribution >= 0.6 is 0 Å². The van der Waals surface area contributed by atoms with Crippen molar-refractivity contribution in [3.05, 3.63) is 23.8 Å². The van der Waals surface area contributed by atoms with Crippen molar-refractivity contribution in [1.29, 1.82) is 0 Å². The third-order valence-corrected chi connectivity index (χ3v) is 2.40. The molecule has 0 heterocycles. The zero-order valence-electron chi connectivity index (χ0n) is 8.84. The first-order valence-electron chi connectivity index (χ1n) is 4.56. The Morgan fingerprint density at radius 2 is 2.06 bits per heavy atom. The molecule has 0 spiro atoms.